The van der Waals surface area contributed by atoms with Crippen LogP contribution in [0.5, 0.6) is 0 Å². The van der Waals surface area contributed by atoms with Crippen LogP contribution in [0.3, 0.4) is 0 Å². The molecule has 1 aliphatic rings. The van der Waals surface area contributed by atoms with Gasteiger partial charge in [0.1, 0.15) is 6.54 Å². The summed E-state index contributed by atoms with van der Waals surface area (Å²) in [7, 11) is 0. The number of hydrogen-bond donors (Lipinski definition) is 0. The second-order valence-corrected chi connectivity index (χ2v) is 5.27. The number of hydrogen-bond acceptors (Lipinski definition) is 6. The van der Waals surface area contributed by atoms with E-state index < -0.39 is 0 Å². The van der Waals surface area contributed by atoms with Crippen molar-refractivity contribution in [3.63, 3.8) is 0 Å². The first-order valence-electron chi connectivity index (χ1n) is 7.20. The third kappa shape index (κ3) is 3.41. The van der Waals surface area contributed by atoms with Crippen molar-refractivity contribution in [2.75, 3.05) is 19.6 Å². The lowest BCUT2D eigenvalue weighted by Gasteiger charge is -2.25. The van der Waals surface area contributed by atoms with Gasteiger partial charge in [-0.25, -0.2) is 4.68 Å². The van der Waals surface area contributed by atoms with Gasteiger partial charge in [0.25, 0.3) is 0 Å². The molecule has 7 heteroatoms. The minimum atomic E-state index is 0.484. The number of aryl methyl sites for hydroxylation is 1. The molecule has 0 unspecified atom stereocenters. The highest BCUT2D eigenvalue weighted by atomic mass is 16.4. The van der Waals surface area contributed by atoms with Gasteiger partial charge in [-0.1, -0.05) is 11.6 Å². The van der Waals surface area contributed by atoms with Crippen LogP contribution in [0.2, 0.25) is 0 Å². The second-order valence-electron chi connectivity index (χ2n) is 5.27. The first-order valence-corrected chi connectivity index (χ1v) is 7.20. The van der Waals surface area contributed by atoms with Crippen LogP contribution in [-0.2, 0) is 13.0 Å². The molecule has 0 aromatic carbocycles. The van der Waals surface area contributed by atoms with E-state index in [1.165, 1.54) is 32.4 Å². The molecule has 20 heavy (non-hydrogen) atoms. The molecule has 1 aliphatic heterocycles. The van der Waals surface area contributed by atoms with Crippen molar-refractivity contribution in [3.8, 4) is 0 Å². The zero-order valence-corrected chi connectivity index (χ0v) is 11.8. The summed E-state index contributed by atoms with van der Waals surface area (Å²) in [6.45, 7) is 5.77. The number of piperidine rings is 1. The van der Waals surface area contributed by atoms with Crippen LogP contribution in [-0.4, -0.2) is 49.7 Å². The zero-order valence-electron chi connectivity index (χ0n) is 11.8. The molecule has 0 amide bonds. The van der Waals surface area contributed by atoms with Gasteiger partial charge in [-0.05, 0) is 25.9 Å². The molecule has 7 nitrogen and oxygen atoms in total. The molecule has 0 radical (unpaired) electrons. The predicted molar refractivity (Wildman–Crippen MR) is 72.2 cm³/mol. The van der Waals surface area contributed by atoms with Crippen LogP contribution in [0.4, 0.5) is 0 Å². The Morgan fingerprint density at radius 1 is 1.15 bits per heavy atom. The van der Waals surface area contributed by atoms with E-state index in [9.17, 15) is 0 Å². The first-order chi connectivity index (χ1) is 9.79. The normalized spacial score (nSPS) is 16.6. The monoisotopic (exact) mass is 276 g/mol. The van der Waals surface area contributed by atoms with Crippen molar-refractivity contribution < 1.29 is 4.42 Å². The Kier molecular flexibility index (Phi) is 4.05. The van der Waals surface area contributed by atoms with Crippen LogP contribution in [0.25, 0.3) is 0 Å². The van der Waals surface area contributed by atoms with Crippen LogP contribution in [0.15, 0.2) is 10.6 Å². The third-order valence-corrected chi connectivity index (χ3v) is 3.58. The number of nitrogens with zero attached hydrogens (tertiary/aromatic N) is 6. The number of rotatable bonds is 5. The van der Waals surface area contributed by atoms with E-state index >= 15 is 0 Å². The van der Waals surface area contributed by atoms with E-state index in [1.807, 2.05) is 6.20 Å². The van der Waals surface area contributed by atoms with Crippen LogP contribution in [0, 0.1) is 6.92 Å². The SMILES string of the molecule is Cc1nnc(Cn2cc(CCN3CCCCC3)nn2)o1. The highest BCUT2D eigenvalue weighted by Gasteiger charge is 2.11. The standard InChI is InChI=1S/C13H20N6O/c1-11-14-16-13(20-11)10-19-9-12(15-17-19)5-8-18-6-3-2-4-7-18/h9H,2-8,10H2,1H3. The fourth-order valence-electron chi connectivity index (χ4n) is 2.53. The Hall–Kier alpha value is -1.76. The Balaban J connectivity index is 1.51. The Morgan fingerprint density at radius 3 is 2.75 bits per heavy atom. The van der Waals surface area contributed by atoms with Crippen LogP contribution in [0.1, 0.15) is 36.7 Å². The van der Waals surface area contributed by atoms with Gasteiger partial charge >= 0.3 is 0 Å². The van der Waals surface area contributed by atoms with Crippen LogP contribution < -0.4 is 0 Å². The molecule has 1 fully saturated rings. The molecule has 0 bridgehead atoms. The maximum Gasteiger partial charge on any atom is 0.237 e. The molecule has 0 N–H and O–H groups in total. The van der Waals surface area contributed by atoms with Crippen LogP contribution >= 0.6 is 0 Å². The molecule has 3 rings (SSSR count). The molecule has 1 saturated heterocycles. The van der Waals surface area contributed by atoms with Crippen molar-refractivity contribution >= 4 is 0 Å². The van der Waals surface area contributed by atoms with E-state index in [4.69, 9.17) is 4.42 Å². The van der Waals surface area contributed by atoms with E-state index in [1.54, 1.807) is 11.6 Å². The smallest absolute Gasteiger partial charge is 0.237 e. The minimum Gasteiger partial charge on any atom is -0.424 e. The lowest BCUT2D eigenvalue weighted by atomic mass is 10.1. The summed E-state index contributed by atoms with van der Waals surface area (Å²) in [6, 6.07) is 0. The van der Waals surface area contributed by atoms with E-state index in [-0.39, 0.29) is 0 Å². The lowest BCUT2D eigenvalue weighted by Crippen LogP contribution is -2.31. The highest BCUT2D eigenvalue weighted by molar-refractivity contribution is 4.94. The largest absolute Gasteiger partial charge is 0.424 e. The molecule has 0 saturated carbocycles. The van der Waals surface area contributed by atoms with Crippen molar-refractivity contribution in [2.24, 2.45) is 0 Å². The number of likely N-dealkylation sites (tertiary alicyclic amines) is 1. The molecular weight excluding hydrogens is 256 g/mol. The average molecular weight is 276 g/mol. The van der Waals surface area contributed by atoms with Gasteiger partial charge in [0.15, 0.2) is 0 Å². The van der Waals surface area contributed by atoms with E-state index in [2.05, 4.69) is 25.4 Å². The minimum absolute atomic E-state index is 0.484. The molecular formula is C13H20N6O. The van der Waals surface area contributed by atoms with E-state index in [0.717, 1.165) is 18.7 Å². The summed E-state index contributed by atoms with van der Waals surface area (Å²) in [5, 5.41) is 16.1. The van der Waals surface area contributed by atoms with Crippen molar-refractivity contribution in [2.45, 2.75) is 39.2 Å². The van der Waals surface area contributed by atoms with Crippen molar-refractivity contribution in [3.05, 3.63) is 23.7 Å². The summed E-state index contributed by atoms with van der Waals surface area (Å²) >= 11 is 0. The van der Waals surface area contributed by atoms with Gasteiger partial charge in [-0.15, -0.1) is 15.3 Å². The van der Waals surface area contributed by atoms with Gasteiger partial charge in [0.05, 0.1) is 5.69 Å². The van der Waals surface area contributed by atoms with Crippen molar-refractivity contribution in [1.82, 2.24) is 30.1 Å². The summed E-state index contributed by atoms with van der Waals surface area (Å²) in [5.41, 5.74) is 1.02. The van der Waals surface area contributed by atoms with Gasteiger partial charge in [-0.2, -0.15) is 0 Å². The Labute approximate surface area is 118 Å². The number of aromatic nitrogens is 5. The van der Waals surface area contributed by atoms with Gasteiger partial charge in [0.2, 0.25) is 11.8 Å². The molecule has 3 heterocycles. The predicted octanol–water partition coefficient (Wildman–Crippen LogP) is 1.05. The maximum absolute atomic E-state index is 5.33. The molecule has 2 aromatic rings. The summed E-state index contributed by atoms with van der Waals surface area (Å²) in [4.78, 5) is 2.50. The fraction of sp³-hybridized carbons (Fsp3) is 0.692. The summed E-state index contributed by atoms with van der Waals surface area (Å²) in [5.74, 6) is 1.14. The van der Waals surface area contributed by atoms with Gasteiger partial charge in [0, 0.05) is 26.1 Å². The lowest BCUT2D eigenvalue weighted by molar-refractivity contribution is 0.231. The molecule has 108 valence electrons. The topological polar surface area (TPSA) is 72.9 Å². The summed E-state index contributed by atoms with van der Waals surface area (Å²) < 4.78 is 7.08. The molecule has 2 aromatic heterocycles. The highest BCUT2D eigenvalue weighted by Crippen LogP contribution is 2.09. The zero-order chi connectivity index (χ0) is 13.8. The van der Waals surface area contributed by atoms with Gasteiger partial charge < -0.3 is 9.32 Å². The molecule has 0 aliphatic carbocycles. The Bertz CT molecular complexity index is 543. The first kappa shape index (κ1) is 13.2. The van der Waals surface area contributed by atoms with E-state index in [0.29, 0.717) is 18.3 Å². The molecule has 0 spiro atoms. The quantitative estimate of drug-likeness (QED) is 0.812. The Morgan fingerprint density at radius 2 is 2.00 bits per heavy atom. The second kappa shape index (κ2) is 6.13. The van der Waals surface area contributed by atoms with Gasteiger partial charge in [-0.3, -0.25) is 0 Å². The fourth-order valence-corrected chi connectivity index (χ4v) is 2.53. The molecule has 0 atom stereocenters. The van der Waals surface area contributed by atoms with Crippen molar-refractivity contribution in [1.29, 1.82) is 0 Å². The average Bonchev–Trinajstić information content (AvgIpc) is 3.08. The summed E-state index contributed by atoms with van der Waals surface area (Å²) in [6.07, 6.45) is 6.93. The third-order valence-electron chi connectivity index (χ3n) is 3.58. The maximum atomic E-state index is 5.33.